The Kier molecular flexibility index (Phi) is 8.94. The molecule has 1 fully saturated rings. The van der Waals surface area contributed by atoms with Gasteiger partial charge in [0, 0.05) is 10.0 Å². The molecule has 1 aliphatic heterocycles. The number of hydrogen-bond acceptors (Lipinski definition) is 5. The number of nitrogens with zero attached hydrogens (tertiary/aromatic N) is 1. The molecule has 1 N–H and O–H groups in total. The number of hydrogen-bond donors (Lipinski definition) is 1. The number of amides is 1. The fourth-order valence-corrected chi connectivity index (χ4v) is 4.55. The van der Waals surface area contributed by atoms with E-state index in [2.05, 4.69) is 0 Å². The van der Waals surface area contributed by atoms with Gasteiger partial charge in [0.15, 0.2) is 0 Å². The number of morpholine rings is 1. The molecule has 3 rings (SSSR count). The van der Waals surface area contributed by atoms with Gasteiger partial charge in [-0.15, -0.1) is 0 Å². The van der Waals surface area contributed by atoms with Crippen molar-refractivity contribution < 1.29 is 29.0 Å². The molecule has 0 bridgehead atoms. The molecule has 9 heteroatoms. The predicted octanol–water partition coefficient (Wildman–Crippen LogP) is 5.21. The Morgan fingerprint density at radius 3 is 2.38 bits per heavy atom. The summed E-state index contributed by atoms with van der Waals surface area (Å²) in [5, 5.41) is 10.4. The van der Waals surface area contributed by atoms with E-state index in [1.165, 1.54) is 4.90 Å². The first-order valence-electron chi connectivity index (χ1n) is 11.1. The summed E-state index contributed by atoms with van der Waals surface area (Å²) in [6, 6.07) is 12.2. The van der Waals surface area contributed by atoms with E-state index in [4.69, 9.17) is 32.7 Å². The molecule has 0 radical (unpaired) electrons. The van der Waals surface area contributed by atoms with Crippen LogP contribution in [0.25, 0.3) is 0 Å². The monoisotopic (exact) mass is 507 g/mol. The fraction of sp³-hybridized carbons (Fsp3) is 0.400. The van der Waals surface area contributed by atoms with Crippen molar-refractivity contribution in [1.29, 1.82) is 0 Å². The van der Waals surface area contributed by atoms with E-state index >= 15 is 0 Å². The summed E-state index contributed by atoms with van der Waals surface area (Å²) >= 11 is 12.4. The van der Waals surface area contributed by atoms with Crippen LogP contribution in [0.4, 0.5) is 0 Å². The van der Waals surface area contributed by atoms with Crippen molar-refractivity contribution in [3.63, 3.8) is 0 Å². The Hall–Kier alpha value is -2.61. The molecule has 34 heavy (non-hydrogen) atoms. The van der Waals surface area contributed by atoms with Gasteiger partial charge in [0.05, 0.1) is 19.1 Å². The molecule has 182 valence electrons. The molecule has 1 saturated heterocycles. The summed E-state index contributed by atoms with van der Waals surface area (Å²) in [6.45, 7) is 3.75. The minimum absolute atomic E-state index is 0.152. The van der Waals surface area contributed by atoms with Gasteiger partial charge in [-0.25, -0.2) is 4.79 Å². The average molecular weight is 508 g/mol. The van der Waals surface area contributed by atoms with E-state index < -0.39 is 48.6 Å². The first-order chi connectivity index (χ1) is 16.3. The van der Waals surface area contributed by atoms with E-state index in [9.17, 15) is 19.5 Å². The van der Waals surface area contributed by atoms with Crippen LogP contribution in [0.1, 0.15) is 56.4 Å². The first-order valence-corrected chi connectivity index (χ1v) is 11.9. The number of rotatable bonds is 9. The number of carboxylic acids is 1. The third-order valence-electron chi connectivity index (χ3n) is 5.63. The van der Waals surface area contributed by atoms with Gasteiger partial charge >= 0.3 is 11.9 Å². The normalized spacial score (nSPS) is 21.2. The molecule has 1 unspecified atom stereocenters. The highest BCUT2D eigenvalue weighted by molar-refractivity contribution is 6.30. The summed E-state index contributed by atoms with van der Waals surface area (Å²) in [7, 11) is 0. The maximum Gasteiger partial charge on any atom is 0.328 e. The van der Waals surface area contributed by atoms with Gasteiger partial charge < -0.3 is 19.5 Å². The first kappa shape index (κ1) is 26.0. The van der Waals surface area contributed by atoms with Crippen LogP contribution in [0, 0.1) is 0 Å². The highest BCUT2D eigenvalue weighted by atomic mass is 35.5. The Morgan fingerprint density at radius 1 is 1.09 bits per heavy atom. The number of carbonyl (C=O) groups excluding carboxylic acids is 2. The minimum atomic E-state index is -1.28. The fourth-order valence-electron chi connectivity index (χ4n) is 4.22. The van der Waals surface area contributed by atoms with E-state index in [0.717, 1.165) is 0 Å². The molecule has 0 saturated carbocycles. The zero-order valence-electron chi connectivity index (χ0n) is 18.9. The van der Waals surface area contributed by atoms with E-state index in [1.54, 1.807) is 55.5 Å². The van der Waals surface area contributed by atoms with Gasteiger partial charge in [0.1, 0.15) is 18.2 Å². The Balaban J connectivity index is 2.21. The molecule has 0 aliphatic carbocycles. The van der Waals surface area contributed by atoms with Crippen LogP contribution in [0.3, 0.4) is 0 Å². The van der Waals surface area contributed by atoms with Gasteiger partial charge in [-0.2, -0.15) is 0 Å². The van der Waals surface area contributed by atoms with Gasteiger partial charge in [-0.1, -0.05) is 60.8 Å². The standard InChI is InChI=1S/C25H27Cl2NO6/c1-3-6-19(25(32)33-4-2)28-22(15-9-11-17(26)12-10-15)23(16-7-5-8-18(27)13-16)34-20(24(28)31)14-21(29)30/h5,7-13,19-20,22-23H,3-4,6,14H2,1-2H3,(H,29,30)/t19?,20-,22+,23-/m1/s1. The Labute approximate surface area is 208 Å². The number of carbonyl (C=O) groups is 3. The van der Waals surface area contributed by atoms with Crippen molar-refractivity contribution in [2.75, 3.05) is 6.61 Å². The zero-order chi connectivity index (χ0) is 24.8. The maximum atomic E-state index is 13.7. The molecular formula is C25H27Cl2NO6. The van der Waals surface area contributed by atoms with Crippen LogP contribution in [0.5, 0.6) is 0 Å². The smallest absolute Gasteiger partial charge is 0.328 e. The third-order valence-corrected chi connectivity index (χ3v) is 6.12. The largest absolute Gasteiger partial charge is 0.481 e. The Morgan fingerprint density at radius 2 is 1.79 bits per heavy atom. The number of benzene rings is 2. The third kappa shape index (κ3) is 5.90. The van der Waals surface area contributed by atoms with Crippen molar-refractivity contribution in [3.8, 4) is 0 Å². The van der Waals surface area contributed by atoms with E-state index in [1.807, 2.05) is 6.92 Å². The SMILES string of the molecule is CCCC(C(=O)OCC)N1C(=O)[C@@H](CC(=O)O)O[C@H](c2cccc(Cl)c2)[C@@H]1c1ccc(Cl)cc1. The summed E-state index contributed by atoms with van der Waals surface area (Å²) in [5.74, 6) is -2.30. The lowest BCUT2D eigenvalue weighted by Crippen LogP contribution is -2.57. The molecule has 1 aliphatic rings. The highest BCUT2D eigenvalue weighted by Crippen LogP contribution is 2.44. The quantitative estimate of drug-likeness (QED) is 0.468. The van der Waals surface area contributed by atoms with Crippen molar-refractivity contribution >= 4 is 41.0 Å². The summed E-state index contributed by atoms with van der Waals surface area (Å²) in [4.78, 5) is 39.7. The van der Waals surface area contributed by atoms with Crippen LogP contribution in [0.15, 0.2) is 48.5 Å². The number of aliphatic carboxylic acids is 1. The van der Waals surface area contributed by atoms with Crippen molar-refractivity contribution in [2.45, 2.75) is 57.4 Å². The molecule has 2 aromatic rings. The topological polar surface area (TPSA) is 93.1 Å². The van der Waals surface area contributed by atoms with Crippen LogP contribution < -0.4 is 0 Å². The molecule has 0 spiro atoms. The van der Waals surface area contributed by atoms with Crippen molar-refractivity contribution in [3.05, 3.63) is 69.7 Å². The van der Waals surface area contributed by atoms with E-state index in [-0.39, 0.29) is 6.61 Å². The van der Waals surface area contributed by atoms with Crippen LogP contribution in [0.2, 0.25) is 10.0 Å². The van der Waals surface area contributed by atoms with Gasteiger partial charge in [0.2, 0.25) is 0 Å². The highest BCUT2D eigenvalue weighted by Gasteiger charge is 2.49. The maximum absolute atomic E-state index is 13.7. The van der Waals surface area contributed by atoms with Gasteiger partial charge in [-0.05, 0) is 48.7 Å². The summed E-state index contributed by atoms with van der Waals surface area (Å²) in [5.41, 5.74) is 1.33. The second-order valence-electron chi connectivity index (χ2n) is 8.00. The zero-order valence-corrected chi connectivity index (χ0v) is 20.5. The molecule has 7 nitrogen and oxygen atoms in total. The lowest BCUT2D eigenvalue weighted by molar-refractivity contribution is -0.188. The molecule has 1 amide bonds. The minimum Gasteiger partial charge on any atom is -0.481 e. The van der Waals surface area contributed by atoms with Crippen LogP contribution in [-0.2, 0) is 23.9 Å². The molecule has 4 atom stereocenters. The average Bonchev–Trinajstić information content (AvgIpc) is 2.79. The summed E-state index contributed by atoms with van der Waals surface area (Å²) < 4.78 is 11.4. The molecule has 0 aromatic heterocycles. The number of carboxylic acid groups (broad SMARTS) is 1. The second kappa shape index (κ2) is 11.7. The van der Waals surface area contributed by atoms with Gasteiger partial charge in [0.25, 0.3) is 5.91 Å². The second-order valence-corrected chi connectivity index (χ2v) is 8.87. The number of esters is 1. The molecule has 2 aromatic carbocycles. The van der Waals surface area contributed by atoms with Crippen molar-refractivity contribution in [1.82, 2.24) is 4.90 Å². The van der Waals surface area contributed by atoms with Crippen molar-refractivity contribution in [2.24, 2.45) is 0 Å². The number of halogens is 2. The molecular weight excluding hydrogens is 481 g/mol. The van der Waals surface area contributed by atoms with E-state index in [0.29, 0.717) is 34.0 Å². The van der Waals surface area contributed by atoms with Gasteiger partial charge in [-0.3, -0.25) is 9.59 Å². The lowest BCUT2D eigenvalue weighted by Gasteiger charge is -2.47. The number of ether oxygens (including phenoxy) is 2. The molecule has 1 heterocycles. The predicted molar refractivity (Wildman–Crippen MR) is 128 cm³/mol. The Bertz CT molecular complexity index is 1030. The summed E-state index contributed by atoms with van der Waals surface area (Å²) in [6.07, 6.45) is -1.65. The lowest BCUT2D eigenvalue weighted by atomic mass is 9.89. The van der Waals surface area contributed by atoms with Crippen LogP contribution in [-0.4, -0.2) is 46.6 Å². The van der Waals surface area contributed by atoms with Crippen LogP contribution >= 0.6 is 23.2 Å².